The van der Waals surface area contributed by atoms with Crippen molar-refractivity contribution in [3.8, 4) is 11.5 Å². The molecular formula is C19H21NO3. The number of benzene rings is 2. The van der Waals surface area contributed by atoms with Crippen LogP contribution in [-0.2, 0) is 13.1 Å². The highest BCUT2D eigenvalue weighted by atomic mass is 16.3. The van der Waals surface area contributed by atoms with Crippen molar-refractivity contribution in [2.45, 2.75) is 39.8 Å². The minimum atomic E-state index is -0.262. The molecule has 0 spiro atoms. The topological polar surface area (TPSA) is 60.8 Å². The standard InChI is InChI=1S/C19H21NO3/c1-11(2)15-7-18(22)16(8-17(15)21)19(23)20-9-13-5-4-12(3)6-14(13)10-20/h4-8,11,21-22H,9-10H2,1-3H3. The SMILES string of the molecule is Cc1ccc2c(c1)CN(C(=O)c1cc(O)c(C(C)C)cc1O)C2. The first-order valence-electron chi connectivity index (χ1n) is 7.80. The number of nitrogens with zero attached hydrogens (tertiary/aromatic N) is 1. The van der Waals surface area contributed by atoms with Gasteiger partial charge in [-0.2, -0.15) is 0 Å². The van der Waals surface area contributed by atoms with Crippen molar-refractivity contribution in [1.82, 2.24) is 4.90 Å². The number of phenolic OH excluding ortho intramolecular Hbond substituents is 2. The average molecular weight is 311 g/mol. The van der Waals surface area contributed by atoms with E-state index in [0.717, 1.165) is 11.1 Å². The van der Waals surface area contributed by atoms with Crippen LogP contribution >= 0.6 is 0 Å². The summed E-state index contributed by atoms with van der Waals surface area (Å²) in [5, 5.41) is 20.3. The number of aryl methyl sites for hydroxylation is 1. The van der Waals surface area contributed by atoms with Gasteiger partial charge in [0, 0.05) is 18.7 Å². The molecule has 0 radical (unpaired) electrons. The Balaban J connectivity index is 1.89. The minimum Gasteiger partial charge on any atom is -0.508 e. The molecule has 0 bridgehead atoms. The number of carbonyl (C=O) groups excluding carboxylic acids is 1. The van der Waals surface area contributed by atoms with Gasteiger partial charge in [-0.05, 0) is 36.1 Å². The Kier molecular flexibility index (Phi) is 3.76. The van der Waals surface area contributed by atoms with Gasteiger partial charge in [-0.3, -0.25) is 4.79 Å². The molecule has 23 heavy (non-hydrogen) atoms. The molecule has 2 aromatic rings. The third-order valence-electron chi connectivity index (χ3n) is 4.37. The quantitative estimate of drug-likeness (QED) is 0.832. The van der Waals surface area contributed by atoms with E-state index in [0.29, 0.717) is 18.7 Å². The van der Waals surface area contributed by atoms with Crippen molar-refractivity contribution >= 4 is 5.91 Å². The smallest absolute Gasteiger partial charge is 0.258 e. The van der Waals surface area contributed by atoms with Crippen LogP contribution in [0.2, 0.25) is 0 Å². The van der Waals surface area contributed by atoms with Gasteiger partial charge in [0.25, 0.3) is 5.91 Å². The van der Waals surface area contributed by atoms with E-state index in [4.69, 9.17) is 0 Å². The maximum Gasteiger partial charge on any atom is 0.258 e. The third-order valence-corrected chi connectivity index (χ3v) is 4.37. The molecule has 2 N–H and O–H groups in total. The molecule has 3 rings (SSSR count). The fraction of sp³-hybridized carbons (Fsp3) is 0.316. The maximum absolute atomic E-state index is 12.7. The zero-order chi connectivity index (χ0) is 16.7. The van der Waals surface area contributed by atoms with Gasteiger partial charge in [0.1, 0.15) is 11.5 Å². The van der Waals surface area contributed by atoms with Crippen LogP contribution in [0.3, 0.4) is 0 Å². The molecule has 1 heterocycles. The van der Waals surface area contributed by atoms with Gasteiger partial charge >= 0.3 is 0 Å². The van der Waals surface area contributed by atoms with Crippen LogP contribution in [0.5, 0.6) is 11.5 Å². The van der Waals surface area contributed by atoms with Crippen LogP contribution < -0.4 is 0 Å². The summed E-state index contributed by atoms with van der Waals surface area (Å²) >= 11 is 0. The van der Waals surface area contributed by atoms with E-state index in [2.05, 4.69) is 6.07 Å². The summed E-state index contributed by atoms with van der Waals surface area (Å²) in [6.45, 7) is 6.94. The van der Waals surface area contributed by atoms with E-state index in [-0.39, 0.29) is 28.9 Å². The molecule has 0 aliphatic carbocycles. The van der Waals surface area contributed by atoms with Crippen LogP contribution in [0, 0.1) is 6.92 Å². The van der Waals surface area contributed by atoms with E-state index in [1.54, 1.807) is 4.90 Å². The van der Waals surface area contributed by atoms with Crippen molar-refractivity contribution in [2.24, 2.45) is 0 Å². The highest BCUT2D eigenvalue weighted by Crippen LogP contribution is 2.34. The van der Waals surface area contributed by atoms with Gasteiger partial charge in [0.15, 0.2) is 0 Å². The number of carbonyl (C=O) groups is 1. The number of hydrogen-bond acceptors (Lipinski definition) is 3. The molecule has 0 saturated heterocycles. The van der Waals surface area contributed by atoms with E-state index < -0.39 is 0 Å². The minimum absolute atomic E-state index is 0.0497. The molecule has 4 nitrogen and oxygen atoms in total. The van der Waals surface area contributed by atoms with E-state index >= 15 is 0 Å². The fourth-order valence-electron chi connectivity index (χ4n) is 3.06. The van der Waals surface area contributed by atoms with Crippen LogP contribution in [-0.4, -0.2) is 21.0 Å². The Labute approximate surface area is 136 Å². The molecule has 0 fully saturated rings. The molecule has 1 aliphatic heterocycles. The molecule has 0 atom stereocenters. The Hall–Kier alpha value is -2.49. The van der Waals surface area contributed by atoms with Crippen LogP contribution in [0.4, 0.5) is 0 Å². The van der Waals surface area contributed by atoms with Crippen molar-refractivity contribution in [2.75, 3.05) is 0 Å². The first kappa shape index (κ1) is 15.4. The van der Waals surface area contributed by atoms with E-state index in [1.807, 2.05) is 32.9 Å². The van der Waals surface area contributed by atoms with Crippen molar-refractivity contribution in [3.63, 3.8) is 0 Å². The number of aromatic hydroxyl groups is 2. The van der Waals surface area contributed by atoms with Crippen molar-refractivity contribution in [1.29, 1.82) is 0 Å². The summed E-state index contributed by atoms with van der Waals surface area (Å²) in [5.41, 5.74) is 4.22. The van der Waals surface area contributed by atoms with Gasteiger partial charge < -0.3 is 15.1 Å². The van der Waals surface area contributed by atoms with Gasteiger partial charge in [-0.25, -0.2) is 0 Å². The predicted octanol–water partition coefficient (Wildman–Crippen LogP) is 3.69. The first-order valence-corrected chi connectivity index (χ1v) is 7.80. The number of fused-ring (bicyclic) bond motifs is 1. The average Bonchev–Trinajstić information content (AvgIpc) is 2.91. The first-order chi connectivity index (χ1) is 10.9. The van der Waals surface area contributed by atoms with Crippen LogP contribution in [0.1, 0.15) is 52.4 Å². The van der Waals surface area contributed by atoms with Crippen LogP contribution in [0.15, 0.2) is 30.3 Å². The summed E-state index contributed by atoms with van der Waals surface area (Å²) < 4.78 is 0. The number of phenols is 2. The van der Waals surface area contributed by atoms with Gasteiger partial charge in [-0.15, -0.1) is 0 Å². The molecule has 120 valence electrons. The lowest BCUT2D eigenvalue weighted by molar-refractivity contribution is 0.0748. The fourth-order valence-corrected chi connectivity index (χ4v) is 3.06. The predicted molar refractivity (Wildman–Crippen MR) is 88.6 cm³/mol. The van der Waals surface area contributed by atoms with Gasteiger partial charge in [-0.1, -0.05) is 37.6 Å². The molecule has 2 aromatic carbocycles. The summed E-state index contributed by atoms with van der Waals surface area (Å²) in [6, 6.07) is 9.02. The highest BCUT2D eigenvalue weighted by Gasteiger charge is 2.27. The summed E-state index contributed by atoms with van der Waals surface area (Å²) in [4.78, 5) is 14.4. The Morgan fingerprint density at radius 3 is 2.43 bits per heavy atom. The molecule has 1 amide bonds. The Morgan fingerprint density at radius 2 is 1.74 bits per heavy atom. The molecule has 1 aliphatic rings. The summed E-state index contributed by atoms with van der Waals surface area (Å²) in [6.07, 6.45) is 0. The van der Waals surface area contributed by atoms with Crippen LogP contribution in [0.25, 0.3) is 0 Å². The lowest BCUT2D eigenvalue weighted by Crippen LogP contribution is -2.25. The monoisotopic (exact) mass is 311 g/mol. The maximum atomic E-state index is 12.7. The number of hydrogen-bond donors (Lipinski definition) is 2. The summed E-state index contributed by atoms with van der Waals surface area (Å²) in [5.74, 6) is -0.219. The Morgan fingerprint density at radius 1 is 1.04 bits per heavy atom. The zero-order valence-electron chi connectivity index (χ0n) is 13.6. The van der Waals surface area contributed by atoms with Crippen molar-refractivity contribution < 1.29 is 15.0 Å². The molecule has 4 heteroatoms. The summed E-state index contributed by atoms with van der Waals surface area (Å²) in [7, 11) is 0. The number of amides is 1. The van der Waals surface area contributed by atoms with E-state index in [1.165, 1.54) is 17.7 Å². The largest absolute Gasteiger partial charge is 0.508 e. The van der Waals surface area contributed by atoms with Crippen molar-refractivity contribution in [3.05, 3.63) is 58.1 Å². The second-order valence-corrected chi connectivity index (χ2v) is 6.52. The number of rotatable bonds is 2. The molecule has 0 unspecified atom stereocenters. The van der Waals surface area contributed by atoms with E-state index in [9.17, 15) is 15.0 Å². The van der Waals surface area contributed by atoms with Gasteiger partial charge in [0.2, 0.25) is 0 Å². The molecular weight excluding hydrogens is 290 g/mol. The second-order valence-electron chi connectivity index (χ2n) is 6.52. The second kappa shape index (κ2) is 5.61. The highest BCUT2D eigenvalue weighted by molar-refractivity contribution is 5.97. The lowest BCUT2D eigenvalue weighted by atomic mass is 9.99. The molecule has 0 aromatic heterocycles. The lowest BCUT2D eigenvalue weighted by Gasteiger charge is -2.18. The normalized spacial score (nSPS) is 13.5. The Bertz CT molecular complexity index is 780. The van der Waals surface area contributed by atoms with Gasteiger partial charge in [0.05, 0.1) is 5.56 Å². The third kappa shape index (κ3) is 2.77. The zero-order valence-corrected chi connectivity index (χ0v) is 13.6. The molecule has 0 saturated carbocycles.